The van der Waals surface area contributed by atoms with E-state index in [4.69, 9.17) is 0 Å². The van der Waals surface area contributed by atoms with Crippen LogP contribution < -0.4 is 0 Å². The van der Waals surface area contributed by atoms with Crippen molar-refractivity contribution in [3.63, 3.8) is 0 Å². The van der Waals surface area contributed by atoms with Crippen LogP contribution in [-0.2, 0) is 4.79 Å². The van der Waals surface area contributed by atoms with Crippen LogP contribution in [-0.4, -0.2) is 30.8 Å². The summed E-state index contributed by atoms with van der Waals surface area (Å²) in [6.45, 7) is 6.40. The number of hydrogen-bond donors (Lipinski definition) is 0. The second-order valence-corrected chi connectivity index (χ2v) is 4.89. The second kappa shape index (κ2) is 5.50. The number of hydrogen-bond acceptors (Lipinski definition) is 2. The Morgan fingerprint density at radius 3 is 2.57 bits per heavy atom. The molecule has 2 atom stereocenters. The highest BCUT2D eigenvalue weighted by molar-refractivity contribution is 5.75. The van der Waals surface area contributed by atoms with Gasteiger partial charge in [-0.15, -0.1) is 0 Å². The van der Waals surface area contributed by atoms with E-state index >= 15 is 0 Å². The van der Waals surface area contributed by atoms with Crippen LogP contribution in [0.4, 0.5) is 0 Å². The topological polar surface area (TPSA) is 20.3 Å². The first-order chi connectivity index (χ1) is 6.59. The molecule has 14 heavy (non-hydrogen) atoms. The zero-order chi connectivity index (χ0) is 10.6. The Kier molecular flexibility index (Phi) is 4.59. The lowest BCUT2D eigenvalue weighted by atomic mass is 10.2. The molecule has 0 aromatic carbocycles. The van der Waals surface area contributed by atoms with E-state index in [0.717, 1.165) is 37.6 Å². The minimum Gasteiger partial charge on any atom is -0.306 e. The third-order valence-corrected chi connectivity index (χ3v) is 3.14. The molecule has 0 amide bonds. The number of rotatable bonds is 7. The van der Waals surface area contributed by atoms with Crippen molar-refractivity contribution in [1.82, 2.24) is 4.90 Å². The molecule has 0 radical (unpaired) electrons. The third-order valence-electron chi connectivity index (χ3n) is 3.14. The molecular weight excluding hydrogens is 174 g/mol. The number of carbonyl (C=O) groups is 1. The highest BCUT2D eigenvalue weighted by Crippen LogP contribution is 2.37. The lowest BCUT2D eigenvalue weighted by Gasteiger charge is -2.15. The van der Waals surface area contributed by atoms with Crippen molar-refractivity contribution in [3.8, 4) is 0 Å². The number of nitrogens with zero attached hydrogens (tertiary/aromatic N) is 1. The van der Waals surface area contributed by atoms with Gasteiger partial charge in [0.15, 0.2) is 0 Å². The fraction of sp³-hybridized carbons (Fsp3) is 0.917. The van der Waals surface area contributed by atoms with Gasteiger partial charge in [-0.25, -0.2) is 0 Å². The van der Waals surface area contributed by atoms with E-state index in [1.165, 1.54) is 13.0 Å². The molecule has 1 aliphatic carbocycles. The zero-order valence-corrected chi connectivity index (χ0v) is 9.75. The highest BCUT2D eigenvalue weighted by atomic mass is 16.1. The summed E-state index contributed by atoms with van der Waals surface area (Å²) in [6.07, 6.45) is 4.39. The van der Waals surface area contributed by atoms with Gasteiger partial charge >= 0.3 is 0 Å². The summed E-state index contributed by atoms with van der Waals surface area (Å²) in [5, 5.41) is 0. The van der Waals surface area contributed by atoms with Gasteiger partial charge in [-0.05, 0) is 51.6 Å². The van der Waals surface area contributed by atoms with Gasteiger partial charge in [-0.3, -0.25) is 0 Å². The molecule has 0 N–H and O–H groups in total. The molecule has 0 heterocycles. The van der Waals surface area contributed by atoms with Gasteiger partial charge in [0, 0.05) is 13.0 Å². The Balaban J connectivity index is 1.92. The van der Waals surface area contributed by atoms with Gasteiger partial charge in [-0.2, -0.15) is 0 Å². The van der Waals surface area contributed by atoms with E-state index in [0.29, 0.717) is 5.78 Å². The van der Waals surface area contributed by atoms with Crippen LogP contribution in [0.1, 0.15) is 39.5 Å². The van der Waals surface area contributed by atoms with E-state index < -0.39 is 0 Å². The molecule has 2 heteroatoms. The quantitative estimate of drug-likeness (QED) is 0.584. The van der Waals surface area contributed by atoms with E-state index in [2.05, 4.69) is 18.9 Å². The molecule has 0 saturated heterocycles. The maximum Gasteiger partial charge on any atom is 0.129 e. The molecular formula is C12H23NO. The van der Waals surface area contributed by atoms with Gasteiger partial charge in [-0.1, -0.05) is 6.92 Å². The molecule has 1 fully saturated rings. The van der Waals surface area contributed by atoms with Crippen molar-refractivity contribution in [2.24, 2.45) is 11.8 Å². The molecule has 1 rings (SSSR count). The van der Waals surface area contributed by atoms with Crippen molar-refractivity contribution < 1.29 is 4.79 Å². The predicted molar refractivity (Wildman–Crippen MR) is 59.3 cm³/mol. The van der Waals surface area contributed by atoms with Crippen LogP contribution in [0.2, 0.25) is 0 Å². The molecule has 1 aliphatic rings. The first-order valence-electron chi connectivity index (χ1n) is 5.77. The second-order valence-electron chi connectivity index (χ2n) is 4.89. The predicted octanol–water partition coefficient (Wildman–Crippen LogP) is 2.33. The van der Waals surface area contributed by atoms with E-state index in [1.54, 1.807) is 6.92 Å². The lowest BCUT2D eigenvalue weighted by molar-refractivity contribution is -0.117. The lowest BCUT2D eigenvalue weighted by Crippen LogP contribution is -2.22. The summed E-state index contributed by atoms with van der Waals surface area (Å²) in [7, 11) is 2.19. The monoisotopic (exact) mass is 197 g/mol. The van der Waals surface area contributed by atoms with E-state index in [1.807, 2.05) is 0 Å². The molecule has 0 aromatic rings. The fourth-order valence-electron chi connectivity index (χ4n) is 1.90. The minimum absolute atomic E-state index is 0.323. The van der Waals surface area contributed by atoms with Crippen molar-refractivity contribution in [2.75, 3.05) is 20.1 Å². The Labute approximate surface area is 87.7 Å². The minimum atomic E-state index is 0.323. The van der Waals surface area contributed by atoms with Crippen LogP contribution in [0.5, 0.6) is 0 Å². The maximum absolute atomic E-state index is 10.7. The molecule has 82 valence electrons. The SMILES string of the molecule is CC(=O)CCCCN(C)CC1CC1C. The number of ketones is 1. The maximum atomic E-state index is 10.7. The summed E-state index contributed by atoms with van der Waals surface area (Å²) in [5.41, 5.74) is 0. The van der Waals surface area contributed by atoms with E-state index in [-0.39, 0.29) is 0 Å². The number of unbranched alkanes of at least 4 members (excludes halogenated alkanes) is 1. The van der Waals surface area contributed by atoms with Gasteiger partial charge in [0.2, 0.25) is 0 Å². The first kappa shape index (κ1) is 11.7. The average molecular weight is 197 g/mol. The molecule has 0 aliphatic heterocycles. The van der Waals surface area contributed by atoms with Crippen LogP contribution in [0.15, 0.2) is 0 Å². The molecule has 0 bridgehead atoms. The Morgan fingerprint density at radius 2 is 2.07 bits per heavy atom. The van der Waals surface area contributed by atoms with Gasteiger partial charge < -0.3 is 9.69 Å². The summed E-state index contributed by atoms with van der Waals surface area (Å²) < 4.78 is 0. The zero-order valence-electron chi connectivity index (χ0n) is 9.75. The highest BCUT2D eigenvalue weighted by Gasteiger charge is 2.32. The van der Waals surface area contributed by atoms with Crippen molar-refractivity contribution in [3.05, 3.63) is 0 Å². The normalized spacial score (nSPS) is 25.4. The van der Waals surface area contributed by atoms with Crippen LogP contribution in [0.25, 0.3) is 0 Å². The van der Waals surface area contributed by atoms with Gasteiger partial charge in [0.25, 0.3) is 0 Å². The van der Waals surface area contributed by atoms with Crippen LogP contribution >= 0.6 is 0 Å². The van der Waals surface area contributed by atoms with Crippen molar-refractivity contribution in [1.29, 1.82) is 0 Å². The Hall–Kier alpha value is -0.370. The smallest absolute Gasteiger partial charge is 0.129 e. The molecule has 1 saturated carbocycles. The van der Waals surface area contributed by atoms with Crippen LogP contribution in [0.3, 0.4) is 0 Å². The number of carbonyl (C=O) groups excluding carboxylic acids is 1. The van der Waals surface area contributed by atoms with Crippen molar-refractivity contribution in [2.45, 2.75) is 39.5 Å². The molecule has 0 aromatic heterocycles. The fourth-order valence-corrected chi connectivity index (χ4v) is 1.90. The van der Waals surface area contributed by atoms with Gasteiger partial charge in [0.05, 0.1) is 0 Å². The molecule has 2 nitrogen and oxygen atoms in total. The Bertz CT molecular complexity index is 191. The van der Waals surface area contributed by atoms with E-state index in [9.17, 15) is 4.79 Å². The van der Waals surface area contributed by atoms with Crippen molar-refractivity contribution >= 4 is 5.78 Å². The summed E-state index contributed by atoms with van der Waals surface area (Å²) >= 11 is 0. The molecule has 0 spiro atoms. The van der Waals surface area contributed by atoms with Gasteiger partial charge in [0.1, 0.15) is 5.78 Å². The first-order valence-corrected chi connectivity index (χ1v) is 5.77. The van der Waals surface area contributed by atoms with Crippen LogP contribution in [0, 0.1) is 11.8 Å². The summed E-state index contributed by atoms with van der Waals surface area (Å²) in [6, 6.07) is 0. The molecule has 2 unspecified atom stereocenters. The summed E-state index contributed by atoms with van der Waals surface area (Å²) in [4.78, 5) is 13.1. The number of Topliss-reactive ketones (excluding diaryl/α,β-unsaturated/α-hetero) is 1. The third kappa shape index (κ3) is 4.75. The average Bonchev–Trinajstić information content (AvgIpc) is 2.75. The Morgan fingerprint density at radius 1 is 1.43 bits per heavy atom. The largest absolute Gasteiger partial charge is 0.306 e. The standard InChI is InChI=1S/C12H23NO/c1-10-8-12(10)9-13(3)7-5-4-6-11(2)14/h10,12H,4-9H2,1-3H3. The summed E-state index contributed by atoms with van der Waals surface area (Å²) in [5.74, 6) is 2.23.